The Labute approximate surface area is 202 Å². The Balaban J connectivity index is 1.49. The van der Waals surface area contributed by atoms with Crippen molar-refractivity contribution in [3.63, 3.8) is 0 Å². The van der Waals surface area contributed by atoms with Crippen LogP contribution in [-0.4, -0.2) is 35.8 Å². The van der Waals surface area contributed by atoms with Gasteiger partial charge >= 0.3 is 0 Å². The molecule has 0 aliphatic carbocycles. The molecule has 0 atom stereocenters. The van der Waals surface area contributed by atoms with E-state index < -0.39 is 11.8 Å². The van der Waals surface area contributed by atoms with Crippen LogP contribution in [0.15, 0.2) is 91.1 Å². The van der Waals surface area contributed by atoms with E-state index in [4.69, 9.17) is 9.47 Å². The van der Waals surface area contributed by atoms with Crippen LogP contribution in [0.1, 0.15) is 15.9 Å². The lowest BCUT2D eigenvalue weighted by molar-refractivity contribution is -0.117. The Kier molecular flexibility index (Phi) is 7.22. The first-order valence-corrected chi connectivity index (χ1v) is 10.8. The summed E-state index contributed by atoms with van der Waals surface area (Å²) >= 11 is 0. The van der Waals surface area contributed by atoms with Gasteiger partial charge < -0.3 is 9.47 Å². The molecule has 0 aliphatic rings. The van der Waals surface area contributed by atoms with E-state index in [-0.39, 0.29) is 0 Å². The molecule has 3 aromatic carbocycles. The predicted molar refractivity (Wildman–Crippen MR) is 133 cm³/mol. The van der Waals surface area contributed by atoms with Gasteiger partial charge in [-0.05, 0) is 35.9 Å². The summed E-state index contributed by atoms with van der Waals surface area (Å²) in [5.74, 6) is 0.155. The molecule has 176 valence electrons. The fourth-order valence-electron chi connectivity index (χ4n) is 3.42. The van der Waals surface area contributed by atoms with Crippen LogP contribution in [0.4, 0.5) is 0 Å². The third-order valence-corrected chi connectivity index (χ3v) is 5.16. The molecule has 0 spiro atoms. The van der Waals surface area contributed by atoms with E-state index in [9.17, 15) is 9.59 Å². The van der Waals surface area contributed by atoms with Gasteiger partial charge in [0.15, 0.2) is 11.5 Å². The molecule has 1 heterocycles. The van der Waals surface area contributed by atoms with Gasteiger partial charge in [-0.15, -0.1) is 0 Å². The van der Waals surface area contributed by atoms with Crippen LogP contribution in [-0.2, 0) is 4.79 Å². The molecule has 2 amide bonds. The van der Waals surface area contributed by atoms with Crippen molar-refractivity contribution in [2.75, 3.05) is 14.2 Å². The van der Waals surface area contributed by atoms with Crippen molar-refractivity contribution in [3.8, 4) is 28.4 Å². The maximum Gasteiger partial charge on any atom is 0.273 e. The SMILES string of the molecule is COc1ccc(/C=C/C(=O)NNC(=O)c2cn(-c3ccccc3)nc2-c2ccccc2)cc1OC. The summed E-state index contributed by atoms with van der Waals surface area (Å²) in [5, 5.41) is 4.61. The van der Waals surface area contributed by atoms with Gasteiger partial charge in [-0.1, -0.05) is 54.6 Å². The third-order valence-electron chi connectivity index (χ3n) is 5.16. The number of benzene rings is 3. The Morgan fingerprint density at radius 2 is 1.54 bits per heavy atom. The number of nitrogens with zero attached hydrogens (tertiary/aromatic N) is 2. The Hall–Kier alpha value is -4.85. The number of hydrogen-bond acceptors (Lipinski definition) is 5. The Morgan fingerprint density at radius 3 is 2.23 bits per heavy atom. The van der Waals surface area contributed by atoms with Gasteiger partial charge in [0.05, 0.1) is 25.5 Å². The number of hydrogen-bond donors (Lipinski definition) is 2. The molecule has 4 aromatic rings. The van der Waals surface area contributed by atoms with Gasteiger partial charge in [-0.3, -0.25) is 20.4 Å². The molecule has 8 heteroatoms. The van der Waals surface area contributed by atoms with E-state index in [1.165, 1.54) is 13.2 Å². The predicted octanol–water partition coefficient (Wildman–Crippen LogP) is 4.03. The summed E-state index contributed by atoms with van der Waals surface area (Å²) in [4.78, 5) is 25.3. The van der Waals surface area contributed by atoms with Gasteiger partial charge in [-0.2, -0.15) is 5.10 Å². The fourth-order valence-corrected chi connectivity index (χ4v) is 3.42. The first-order valence-electron chi connectivity index (χ1n) is 10.8. The van der Waals surface area contributed by atoms with Crippen LogP contribution in [0.3, 0.4) is 0 Å². The van der Waals surface area contributed by atoms with Crippen molar-refractivity contribution >= 4 is 17.9 Å². The van der Waals surface area contributed by atoms with Gasteiger partial charge in [-0.25, -0.2) is 4.68 Å². The van der Waals surface area contributed by atoms with Crippen LogP contribution >= 0.6 is 0 Å². The Bertz CT molecular complexity index is 1350. The molecule has 0 bridgehead atoms. The zero-order chi connectivity index (χ0) is 24.6. The lowest BCUT2D eigenvalue weighted by Crippen LogP contribution is -2.40. The largest absolute Gasteiger partial charge is 0.493 e. The lowest BCUT2D eigenvalue weighted by Gasteiger charge is -2.08. The average molecular weight is 469 g/mol. The maximum atomic E-state index is 13.0. The molecule has 0 saturated carbocycles. The normalized spacial score (nSPS) is 10.7. The van der Waals surface area contributed by atoms with Crippen LogP contribution < -0.4 is 20.3 Å². The van der Waals surface area contributed by atoms with E-state index in [0.29, 0.717) is 22.8 Å². The number of aromatic nitrogens is 2. The molecule has 0 radical (unpaired) electrons. The second kappa shape index (κ2) is 10.8. The number of ether oxygens (including phenoxy) is 2. The van der Waals surface area contributed by atoms with E-state index in [1.807, 2.05) is 60.7 Å². The molecule has 1 aromatic heterocycles. The second-order valence-corrected chi connectivity index (χ2v) is 7.43. The van der Waals surface area contributed by atoms with Gasteiger partial charge in [0, 0.05) is 17.8 Å². The molecule has 0 saturated heterocycles. The molecular formula is C27H24N4O4. The summed E-state index contributed by atoms with van der Waals surface area (Å²) < 4.78 is 12.1. The standard InChI is InChI=1S/C27H24N4O4/c1-34-23-15-13-19(17-24(23)35-2)14-16-25(32)28-29-27(33)22-18-31(21-11-7-4-8-12-21)30-26(22)20-9-5-3-6-10-20/h3-18H,1-2H3,(H,28,32)(H,29,33)/b16-14+. The maximum absolute atomic E-state index is 13.0. The fraction of sp³-hybridized carbons (Fsp3) is 0.0741. The molecule has 0 aliphatic heterocycles. The summed E-state index contributed by atoms with van der Waals surface area (Å²) in [7, 11) is 3.09. The van der Waals surface area contributed by atoms with Gasteiger partial charge in [0.2, 0.25) is 0 Å². The van der Waals surface area contributed by atoms with Crippen molar-refractivity contribution in [3.05, 3.63) is 102 Å². The van der Waals surface area contributed by atoms with Crippen molar-refractivity contribution < 1.29 is 19.1 Å². The average Bonchev–Trinajstić information content (AvgIpc) is 3.37. The monoisotopic (exact) mass is 468 g/mol. The minimum atomic E-state index is -0.496. The van der Waals surface area contributed by atoms with Crippen LogP contribution in [0.5, 0.6) is 11.5 Å². The number of carbonyl (C=O) groups is 2. The molecule has 8 nitrogen and oxygen atoms in total. The number of carbonyl (C=O) groups excluding carboxylic acids is 2. The van der Waals surface area contributed by atoms with Crippen molar-refractivity contribution in [1.29, 1.82) is 0 Å². The zero-order valence-corrected chi connectivity index (χ0v) is 19.3. The van der Waals surface area contributed by atoms with E-state index in [1.54, 1.807) is 42.3 Å². The van der Waals surface area contributed by atoms with Crippen molar-refractivity contribution in [2.45, 2.75) is 0 Å². The highest BCUT2D eigenvalue weighted by Gasteiger charge is 2.19. The first-order chi connectivity index (χ1) is 17.1. The van der Waals surface area contributed by atoms with Crippen LogP contribution in [0.2, 0.25) is 0 Å². The zero-order valence-electron chi connectivity index (χ0n) is 19.3. The van der Waals surface area contributed by atoms with Crippen molar-refractivity contribution in [1.82, 2.24) is 20.6 Å². The van der Waals surface area contributed by atoms with Crippen molar-refractivity contribution in [2.24, 2.45) is 0 Å². The lowest BCUT2D eigenvalue weighted by atomic mass is 10.1. The second-order valence-electron chi connectivity index (χ2n) is 7.43. The van der Waals surface area contributed by atoms with Crippen LogP contribution in [0.25, 0.3) is 23.0 Å². The summed E-state index contributed by atoms with van der Waals surface area (Å²) in [5.41, 5.74) is 8.03. The molecule has 2 N–H and O–H groups in total. The quantitative estimate of drug-likeness (QED) is 0.316. The highest BCUT2D eigenvalue weighted by Crippen LogP contribution is 2.28. The van der Waals surface area contributed by atoms with Gasteiger partial charge in [0.1, 0.15) is 5.69 Å². The first kappa shape index (κ1) is 23.3. The topological polar surface area (TPSA) is 94.5 Å². The number of amides is 2. The van der Waals surface area contributed by atoms with Gasteiger partial charge in [0.25, 0.3) is 11.8 Å². The van der Waals surface area contributed by atoms with E-state index >= 15 is 0 Å². The minimum Gasteiger partial charge on any atom is -0.493 e. The smallest absolute Gasteiger partial charge is 0.273 e. The van der Waals surface area contributed by atoms with E-state index in [0.717, 1.165) is 16.8 Å². The minimum absolute atomic E-state index is 0.323. The Morgan fingerprint density at radius 1 is 0.857 bits per heavy atom. The molecule has 0 unspecified atom stereocenters. The summed E-state index contributed by atoms with van der Waals surface area (Å²) in [6, 6.07) is 24.1. The molecule has 0 fully saturated rings. The summed E-state index contributed by atoms with van der Waals surface area (Å²) in [6.07, 6.45) is 4.55. The molecule has 4 rings (SSSR count). The number of rotatable bonds is 7. The number of methoxy groups -OCH3 is 2. The number of hydrazine groups is 1. The summed E-state index contributed by atoms with van der Waals surface area (Å²) in [6.45, 7) is 0. The molecular weight excluding hydrogens is 444 g/mol. The highest BCUT2D eigenvalue weighted by atomic mass is 16.5. The molecule has 35 heavy (non-hydrogen) atoms. The number of para-hydroxylation sites is 1. The number of nitrogens with one attached hydrogen (secondary N) is 2. The highest BCUT2D eigenvalue weighted by molar-refractivity contribution is 6.01. The van der Waals surface area contributed by atoms with E-state index in [2.05, 4.69) is 16.0 Å². The third kappa shape index (κ3) is 5.56. The van der Waals surface area contributed by atoms with Crippen LogP contribution in [0, 0.1) is 0 Å².